The van der Waals surface area contributed by atoms with Crippen LogP contribution < -0.4 is 10.0 Å². The molecule has 0 rings (SSSR count). The van der Waals surface area contributed by atoms with Crippen LogP contribution in [0.4, 0.5) is 0 Å². The van der Waals surface area contributed by atoms with E-state index in [1.165, 1.54) is 0 Å². The summed E-state index contributed by atoms with van der Waals surface area (Å²) in [6.07, 6.45) is 0. The third-order valence-corrected chi connectivity index (χ3v) is 2.92. The van der Waals surface area contributed by atoms with E-state index in [0.717, 1.165) is 0 Å². The Bertz CT molecular complexity index is 216. The molecule has 0 radical (unpaired) electrons. The van der Waals surface area contributed by atoms with Crippen molar-refractivity contribution >= 4 is 10.0 Å². The van der Waals surface area contributed by atoms with E-state index >= 15 is 0 Å². The highest BCUT2D eigenvalue weighted by Gasteiger charge is 2.12. The summed E-state index contributed by atoms with van der Waals surface area (Å²) in [5.41, 5.74) is 0. The highest BCUT2D eigenvalue weighted by atomic mass is 32.2. The first-order valence-electron chi connectivity index (χ1n) is 4.15. The minimum atomic E-state index is -3.16. The average molecular weight is 210 g/mol. The van der Waals surface area contributed by atoms with Gasteiger partial charge in [0.1, 0.15) is 0 Å². The normalized spacial score (nSPS) is 14.4. The van der Waals surface area contributed by atoms with Crippen molar-refractivity contribution in [3.63, 3.8) is 0 Å². The highest BCUT2D eigenvalue weighted by molar-refractivity contribution is 7.89. The Balaban J connectivity index is 3.87. The van der Waals surface area contributed by atoms with Crippen LogP contribution in [0, 0.1) is 0 Å². The number of rotatable bonds is 7. The summed E-state index contributed by atoms with van der Waals surface area (Å²) < 4.78 is 29.8. The lowest BCUT2D eigenvalue weighted by atomic mass is 10.4. The predicted molar refractivity (Wildman–Crippen MR) is 52.2 cm³/mol. The summed E-state index contributed by atoms with van der Waals surface area (Å²) in [5, 5.41) is 2.78. The van der Waals surface area contributed by atoms with Crippen molar-refractivity contribution in [1.82, 2.24) is 10.0 Å². The third kappa shape index (κ3) is 6.94. The molecular formula is C7H18N2O3S. The van der Waals surface area contributed by atoms with Crippen molar-refractivity contribution in [2.75, 3.05) is 33.1 Å². The maximum atomic E-state index is 11.3. The topological polar surface area (TPSA) is 67.4 Å². The monoisotopic (exact) mass is 210 g/mol. The molecule has 6 heteroatoms. The van der Waals surface area contributed by atoms with Crippen molar-refractivity contribution in [2.24, 2.45) is 0 Å². The van der Waals surface area contributed by atoms with Gasteiger partial charge in [-0.3, -0.25) is 0 Å². The van der Waals surface area contributed by atoms with Crippen LogP contribution in [-0.2, 0) is 14.8 Å². The number of nitrogens with one attached hydrogen (secondary N) is 2. The van der Waals surface area contributed by atoms with Crippen LogP contribution in [0.3, 0.4) is 0 Å². The summed E-state index contributed by atoms with van der Waals surface area (Å²) in [6.45, 7) is 2.61. The first kappa shape index (κ1) is 12.8. The van der Waals surface area contributed by atoms with Gasteiger partial charge in [-0.25, -0.2) is 13.1 Å². The smallest absolute Gasteiger partial charge is 0.213 e. The molecule has 0 aliphatic heterocycles. The molecule has 1 atom stereocenters. The van der Waals surface area contributed by atoms with E-state index in [0.29, 0.717) is 13.2 Å². The van der Waals surface area contributed by atoms with Crippen LogP contribution in [0.25, 0.3) is 0 Å². The largest absolute Gasteiger partial charge is 0.383 e. The maximum absolute atomic E-state index is 11.3. The molecule has 13 heavy (non-hydrogen) atoms. The first-order chi connectivity index (χ1) is 6.02. The molecule has 80 valence electrons. The second kappa shape index (κ2) is 6.31. The molecule has 5 nitrogen and oxygen atoms in total. The Morgan fingerprint density at radius 1 is 1.46 bits per heavy atom. The lowest BCUT2D eigenvalue weighted by molar-refractivity contribution is 0.180. The van der Waals surface area contributed by atoms with Crippen molar-refractivity contribution < 1.29 is 13.2 Å². The molecule has 0 aromatic rings. The maximum Gasteiger partial charge on any atom is 0.213 e. The molecule has 0 aliphatic carbocycles. The molecule has 0 bridgehead atoms. The molecule has 2 N–H and O–H groups in total. The van der Waals surface area contributed by atoms with E-state index in [2.05, 4.69) is 10.0 Å². The zero-order valence-corrected chi connectivity index (χ0v) is 9.15. The summed E-state index contributed by atoms with van der Waals surface area (Å²) >= 11 is 0. The lowest BCUT2D eigenvalue weighted by Gasteiger charge is -2.12. The second-order valence-electron chi connectivity index (χ2n) is 2.90. The zero-order valence-electron chi connectivity index (χ0n) is 8.33. The van der Waals surface area contributed by atoms with Crippen molar-refractivity contribution in [2.45, 2.75) is 13.0 Å². The molecule has 0 fully saturated rings. The van der Waals surface area contributed by atoms with Crippen LogP contribution >= 0.6 is 0 Å². The molecule has 0 aromatic carbocycles. The number of sulfonamides is 1. The van der Waals surface area contributed by atoms with Gasteiger partial charge in [0.15, 0.2) is 0 Å². The van der Waals surface area contributed by atoms with E-state index in [1.807, 2.05) is 0 Å². The van der Waals surface area contributed by atoms with Gasteiger partial charge in [-0.2, -0.15) is 0 Å². The minimum Gasteiger partial charge on any atom is -0.383 e. The fourth-order valence-corrected chi connectivity index (χ4v) is 2.16. The second-order valence-corrected chi connectivity index (χ2v) is 4.77. The van der Waals surface area contributed by atoms with Gasteiger partial charge in [0.25, 0.3) is 0 Å². The van der Waals surface area contributed by atoms with Crippen LogP contribution in [0.2, 0.25) is 0 Å². The van der Waals surface area contributed by atoms with Gasteiger partial charge in [-0.1, -0.05) is 0 Å². The number of hydrogen-bond acceptors (Lipinski definition) is 4. The van der Waals surface area contributed by atoms with Gasteiger partial charge < -0.3 is 10.1 Å². The van der Waals surface area contributed by atoms with E-state index < -0.39 is 10.0 Å². The average Bonchev–Trinajstić information content (AvgIpc) is 2.00. The van der Waals surface area contributed by atoms with Gasteiger partial charge in [0, 0.05) is 19.7 Å². The minimum absolute atomic E-state index is 0.0948. The molecule has 0 aliphatic rings. The van der Waals surface area contributed by atoms with Gasteiger partial charge in [0.05, 0.1) is 12.4 Å². The Labute approximate surface area is 79.9 Å². The summed E-state index contributed by atoms with van der Waals surface area (Å²) in [5.74, 6) is 0.0948. The highest BCUT2D eigenvalue weighted by Crippen LogP contribution is 1.89. The predicted octanol–water partition coefficient (Wildman–Crippen LogP) is -0.840. The van der Waals surface area contributed by atoms with Gasteiger partial charge in [-0.05, 0) is 14.0 Å². The third-order valence-electron chi connectivity index (χ3n) is 1.42. The SMILES string of the molecule is CNCCS(=O)(=O)NC(C)COC. The Morgan fingerprint density at radius 3 is 2.54 bits per heavy atom. The zero-order chi connectivity index (χ0) is 10.3. The van der Waals surface area contributed by atoms with Crippen molar-refractivity contribution in [3.05, 3.63) is 0 Å². The Hall–Kier alpha value is -0.170. The van der Waals surface area contributed by atoms with E-state index in [9.17, 15) is 8.42 Å². The van der Waals surface area contributed by atoms with Crippen molar-refractivity contribution in [1.29, 1.82) is 0 Å². The molecule has 0 heterocycles. The summed E-state index contributed by atoms with van der Waals surface area (Å²) in [4.78, 5) is 0. The molecule has 0 aromatic heterocycles. The fourth-order valence-electron chi connectivity index (χ4n) is 0.886. The molecule has 0 saturated carbocycles. The summed E-state index contributed by atoms with van der Waals surface area (Å²) in [6, 6.07) is -0.174. The van der Waals surface area contributed by atoms with Gasteiger partial charge in [-0.15, -0.1) is 0 Å². The summed E-state index contributed by atoms with van der Waals surface area (Å²) in [7, 11) is 0.0988. The van der Waals surface area contributed by atoms with E-state index in [1.54, 1.807) is 21.1 Å². The number of methoxy groups -OCH3 is 1. The van der Waals surface area contributed by atoms with E-state index in [-0.39, 0.29) is 11.8 Å². The van der Waals surface area contributed by atoms with Crippen LogP contribution in [0.5, 0.6) is 0 Å². The Kier molecular flexibility index (Phi) is 6.23. The molecule has 0 spiro atoms. The standard InChI is InChI=1S/C7H18N2O3S/c1-7(6-12-3)9-13(10,11)5-4-8-2/h7-9H,4-6H2,1-3H3. The van der Waals surface area contributed by atoms with E-state index in [4.69, 9.17) is 4.74 Å². The number of hydrogen-bond donors (Lipinski definition) is 2. The lowest BCUT2D eigenvalue weighted by Crippen LogP contribution is -2.39. The van der Waals surface area contributed by atoms with Crippen molar-refractivity contribution in [3.8, 4) is 0 Å². The van der Waals surface area contributed by atoms with Gasteiger partial charge >= 0.3 is 0 Å². The van der Waals surface area contributed by atoms with Crippen LogP contribution in [0.15, 0.2) is 0 Å². The molecule has 0 amide bonds. The van der Waals surface area contributed by atoms with Gasteiger partial charge in [0.2, 0.25) is 10.0 Å². The quantitative estimate of drug-likeness (QED) is 0.575. The molecule has 0 saturated heterocycles. The van der Waals surface area contributed by atoms with Crippen LogP contribution in [-0.4, -0.2) is 47.5 Å². The Morgan fingerprint density at radius 2 is 2.08 bits per heavy atom. The first-order valence-corrected chi connectivity index (χ1v) is 5.80. The fraction of sp³-hybridized carbons (Fsp3) is 1.00. The van der Waals surface area contributed by atoms with Crippen LogP contribution in [0.1, 0.15) is 6.92 Å². The molecule has 1 unspecified atom stereocenters. The number of ether oxygens (including phenoxy) is 1. The molecular weight excluding hydrogens is 192 g/mol.